The van der Waals surface area contributed by atoms with Crippen molar-refractivity contribution in [3.63, 3.8) is 0 Å². The third-order valence-electron chi connectivity index (χ3n) is 6.08. The van der Waals surface area contributed by atoms with Gasteiger partial charge in [-0.25, -0.2) is 4.39 Å². The SMILES string of the molecule is CC1(C)OC(C)(C)c2c1sc(NC(=O)c1c(F)cccc1C(F)(F)F)c2C(=O)NC[C@H]1CCCO1. The van der Waals surface area contributed by atoms with Crippen molar-refractivity contribution in [1.82, 2.24) is 5.32 Å². The second-order valence-electron chi connectivity index (χ2n) is 9.59. The van der Waals surface area contributed by atoms with Gasteiger partial charge in [-0.1, -0.05) is 6.07 Å². The maximum absolute atomic E-state index is 14.4. The Kier molecular flexibility index (Phi) is 6.48. The minimum absolute atomic E-state index is 0.0330. The van der Waals surface area contributed by atoms with Crippen LogP contribution in [0.1, 0.15) is 77.3 Å². The number of alkyl halides is 3. The van der Waals surface area contributed by atoms with Crippen LogP contribution in [0.3, 0.4) is 0 Å². The zero-order valence-electron chi connectivity index (χ0n) is 19.7. The predicted molar refractivity (Wildman–Crippen MR) is 122 cm³/mol. The van der Waals surface area contributed by atoms with Crippen LogP contribution in [0, 0.1) is 5.82 Å². The van der Waals surface area contributed by atoms with Gasteiger partial charge in [-0.05, 0) is 52.7 Å². The summed E-state index contributed by atoms with van der Waals surface area (Å²) in [4.78, 5) is 27.0. The van der Waals surface area contributed by atoms with Crippen molar-refractivity contribution in [3.8, 4) is 0 Å². The van der Waals surface area contributed by atoms with Crippen molar-refractivity contribution in [2.45, 2.75) is 64.0 Å². The molecule has 1 atom stereocenters. The summed E-state index contributed by atoms with van der Waals surface area (Å²) in [5, 5.41) is 5.22. The Morgan fingerprint density at radius 1 is 1.11 bits per heavy atom. The summed E-state index contributed by atoms with van der Waals surface area (Å²) in [6, 6.07) is 2.32. The number of ether oxygens (including phenoxy) is 2. The van der Waals surface area contributed by atoms with Gasteiger partial charge in [0, 0.05) is 23.6 Å². The van der Waals surface area contributed by atoms with Crippen molar-refractivity contribution in [3.05, 3.63) is 51.1 Å². The van der Waals surface area contributed by atoms with E-state index in [2.05, 4.69) is 10.6 Å². The molecule has 1 fully saturated rings. The molecular weight excluding hydrogens is 488 g/mol. The summed E-state index contributed by atoms with van der Waals surface area (Å²) in [5.41, 5.74) is -3.62. The average Bonchev–Trinajstić information content (AvgIpc) is 3.42. The first-order valence-corrected chi connectivity index (χ1v) is 12.0. The lowest BCUT2D eigenvalue weighted by Crippen LogP contribution is -2.34. The fourth-order valence-corrected chi connectivity index (χ4v) is 6.11. The van der Waals surface area contributed by atoms with Crippen LogP contribution in [0.4, 0.5) is 22.6 Å². The number of nitrogens with one attached hydrogen (secondary N) is 2. The Bertz CT molecular complexity index is 1170. The summed E-state index contributed by atoms with van der Waals surface area (Å²) in [6.45, 7) is 8.00. The minimum atomic E-state index is -4.94. The van der Waals surface area contributed by atoms with Crippen molar-refractivity contribution in [2.75, 3.05) is 18.5 Å². The molecule has 4 rings (SSSR count). The Labute approximate surface area is 204 Å². The second kappa shape index (κ2) is 8.86. The maximum Gasteiger partial charge on any atom is 0.417 e. The standard InChI is InChI=1S/C24H26F4N2O4S/c1-22(2)17-16(19(31)29-11-12-7-6-10-33-12)21(35-18(17)23(3,4)34-22)30-20(32)15-13(24(26,27)28)8-5-9-14(15)25/h5,8-9,12H,6-7,10-11H2,1-4H3,(H,29,31)(H,30,32)/t12-/m1/s1. The van der Waals surface area contributed by atoms with Gasteiger partial charge >= 0.3 is 6.18 Å². The lowest BCUT2D eigenvalue weighted by molar-refractivity contribution is -0.138. The van der Waals surface area contributed by atoms with Crippen LogP contribution in [0.15, 0.2) is 18.2 Å². The highest BCUT2D eigenvalue weighted by atomic mass is 32.1. The highest BCUT2D eigenvalue weighted by Crippen LogP contribution is 2.54. The molecule has 0 bridgehead atoms. The molecule has 35 heavy (non-hydrogen) atoms. The number of benzene rings is 1. The molecular formula is C24H26F4N2O4S. The number of rotatable bonds is 5. The summed E-state index contributed by atoms with van der Waals surface area (Å²) in [7, 11) is 0. The Hall–Kier alpha value is -2.50. The van der Waals surface area contributed by atoms with Gasteiger partial charge in [0.2, 0.25) is 0 Å². The molecule has 0 saturated carbocycles. The molecule has 2 aliphatic rings. The number of carbonyl (C=O) groups is 2. The topological polar surface area (TPSA) is 76.7 Å². The fraction of sp³-hybridized carbons (Fsp3) is 0.500. The van der Waals surface area contributed by atoms with E-state index in [4.69, 9.17) is 9.47 Å². The molecule has 0 radical (unpaired) electrons. The van der Waals surface area contributed by atoms with Gasteiger partial charge < -0.3 is 20.1 Å². The van der Waals surface area contributed by atoms with E-state index in [1.807, 2.05) is 0 Å². The maximum atomic E-state index is 14.4. The molecule has 6 nitrogen and oxygen atoms in total. The number of amides is 2. The Morgan fingerprint density at radius 3 is 2.46 bits per heavy atom. The van der Waals surface area contributed by atoms with E-state index in [-0.39, 0.29) is 23.2 Å². The number of thiophene rings is 1. The zero-order valence-corrected chi connectivity index (χ0v) is 20.5. The molecule has 0 aliphatic carbocycles. The van der Waals surface area contributed by atoms with Crippen LogP contribution in [-0.2, 0) is 26.9 Å². The van der Waals surface area contributed by atoms with E-state index in [0.717, 1.165) is 36.3 Å². The molecule has 1 aromatic carbocycles. The number of halogens is 4. The predicted octanol–water partition coefficient (Wildman–Crippen LogP) is 5.57. The van der Waals surface area contributed by atoms with E-state index in [9.17, 15) is 27.2 Å². The van der Waals surface area contributed by atoms with Gasteiger partial charge in [0.05, 0.1) is 34.0 Å². The molecule has 3 heterocycles. The first-order chi connectivity index (χ1) is 16.2. The van der Waals surface area contributed by atoms with Crippen molar-refractivity contribution >= 4 is 28.2 Å². The molecule has 2 aliphatic heterocycles. The fourth-order valence-electron chi connectivity index (χ4n) is 4.73. The second-order valence-corrected chi connectivity index (χ2v) is 10.6. The van der Waals surface area contributed by atoms with E-state index in [1.165, 1.54) is 0 Å². The molecule has 190 valence electrons. The smallest absolute Gasteiger partial charge is 0.376 e. The normalized spacial score (nSPS) is 20.5. The number of hydrogen-bond donors (Lipinski definition) is 2. The van der Waals surface area contributed by atoms with Crippen LogP contribution in [0.2, 0.25) is 0 Å². The van der Waals surface area contributed by atoms with Crippen molar-refractivity contribution in [1.29, 1.82) is 0 Å². The van der Waals surface area contributed by atoms with Gasteiger partial charge in [-0.15, -0.1) is 11.3 Å². The monoisotopic (exact) mass is 514 g/mol. The van der Waals surface area contributed by atoms with E-state index in [0.29, 0.717) is 23.1 Å². The Balaban J connectivity index is 1.74. The zero-order chi connectivity index (χ0) is 25.8. The van der Waals surface area contributed by atoms with Crippen LogP contribution < -0.4 is 10.6 Å². The third kappa shape index (κ3) is 4.81. The number of carbonyl (C=O) groups excluding carboxylic acids is 2. The quantitative estimate of drug-likeness (QED) is 0.512. The van der Waals surface area contributed by atoms with Gasteiger partial charge in [0.15, 0.2) is 0 Å². The van der Waals surface area contributed by atoms with Gasteiger partial charge in [0.25, 0.3) is 11.8 Å². The first kappa shape index (κ1) is 25.6. The number of anilines is 1. The van der Waals surface area contributed by atoms with Crippen LogP contribution in [-0.4, -0.2) is 31.1 Å². The summed E-state index contributed by atoms with van der Waals surface area (Å²) in [6.07, 6.45) is -3.40. The van der Waals surface area contributed by atoms with Gasteiger partial charge in [-0.3, -0.25) is 9.59 Å². The molecule has 2 N–H and O–H groups in total. The molecule has 1 saturated heterocycles. The molecule has 1 aromatic heterocycles. The van der Waals surface area contributed by atoms with Crippen LogP contribution in [0.5, 0.6) is 0 Å². The lowest BCUT2D eigenvalue weighted by atomic mass is 9.93. The molecule has 2 aromatic rings. The average molecular weight is 515 g/mol. The lowest BCUT2D eigenvalue weighted by Gasteiger charge is -2.26. The van der Waals surface area contributed by atoms with E-state index in [1.54, 1.807) is 27.7 Å². The van der Waals surface area contributed by atoms with Gasteiger partial charge in [0.1, 0.15) is 10.8 Å². The van der Waals surface area contributed by atoms with E-state index < -0.39 is 46.1 Å². The summed E-state index contributed by atoms with van der Waals surface area (Å²) >= 11 is 1.03. The summed E-state index contributed by atoms with van der Waals surface area (Å²) < 4.78 is 66.5. The highest BCUT2D eigenvalue weighted by molar-refractivity contribution is 7.17. The summed E-state index contributed by atoms with van der Waals surface area (Å²) in [5.74, 6) is -3.12. The minimum Gasteiger partial charge on any atom is -0.376 e. The van der Waals surface area contributed by atoms with Crippen LogP contribution in [0.25, 0.3) is 0 Å². The number of fused-ring (bicyclic) bond motifs is 1. The van der Waals surface area contributed by atoms with Gasteiger partial charge in [-0.2, -0.15) is 13.2 Å². The Morgan fingerprint density at radius 2 is 1.83 bits per heavy atom. The molecule has 0 unspecified atom stereocenters. The molecule has 11 heteroatoms. The highest BCUT2D eigenvalue weighted by Gasteiger charge is 2.49. The van der Waals surface area contributed by atoms with Crippen LogP contribution >= 0.6 is 11.3 Å². The third-order valence-corrected chi connectivity index (χ3v) is 7.49. The number of hydrogen-bond acceptors (Lipinski definition) is 5. The molecule has 0 spiro atoms. The molecule has 2 amide bonds. The first-order valence-electron chi connectivity index (χ1n) is 11.2. The largest absolute Gasteiger partial charge is 0.417 e. The van der Waals surface area contributed by atoms with Crippen molar-refractivity contribution < 1.29 is 36.6 Å². The van der Waals surface area contributed by atoms with Crippen molar-refractivity contribution in [2.24, 2.45) is 0 Å². The van der Waals surface area contributed by atoms with E-state index >= 15 is 0 Å².